The summed E-state index contributed by atoms with van der Waals surface area (Å²) in [4.78, 5) is 0. The van der Waals surface area contributed by atoms with Gasteiger partial charge < -0.3 is 9.52 Å². The van der Waals surface area contributed by atoms with E-state index in [0.717, 1.165) is 17.3 Å². The first-order valence-corrected chi connectivity index (χ1v) is 4.79. The van der Waals surface area contributed by atoms with Gasteiger partial charge in [0.2, 0.25) is 0 Å². The van der Waals surface area contributed by atoms with E-state index in [9.17, 15) is 0 Å². The number of halogens is 1. The maximum atomic E-state index is 8.47. The minimum atomic E-state index is 0.207. The fraction of sp³-hybridized carbons (Fsp3) is 0.429. The highest BCUT2D eigenvalue weighted by molar-refractivity contribution is 7.98. The van der Waals surface area contributed by atoms with Crippen LogP contribution in [0.3, 0.4) is 0 Å². The second-order valence-electron chi connectivity index (χ2n) is 1.98. The SMILES string of the molecule is OCCSCc1ccc(Cl)o1. The Labute approximate surface area is 74.5 Å². The molecule has 0 aromatic carbocycles. The highest BCUT2D eigenvalue weighted by atomic mass is 35.5. The lowest BCUT2D eigenvalue weighted by atomic mass is 10.5. The van der Waals surface area contributed by atoms with Gasteiger partial charge in [0.15, 0.2) is 5.22 Å². The number of furan rings is 1. The summed E-state index contributed by atoms with van der Waals surface area (Å²) in [6, 6.07) is 3.56. The molecule has 62 valence electrons. The first-order valence-electron chi connectivity index (χ1n) is 3.26. The van der Waals surface area contributed by atoms with Crippen LogP contribution in [0.25, 0.3) is 0 Å². The van der Waals surface area contributed by atoms with E-state index in [0.29, 0.717) is 5.22 Å². The average Bonchev–Trinajstić information content (AvgIpc) is 2.37. The number of hydrogen-bond donors (Lipinski definition) is 1. The van der Waals surface area contributed by atoms with Gasteiger partial charge in [-0.2, -0.15) is 11.8 Å². The predicted octanol–water partition coefficient (Wildman–Crippen LogP) is 2.16. The molecule has 1 heterocycles. The quantitative estimate of drug-likeness (QED) is 0.743. The Morgan fingerprint density at radius 2 is 2.36 bits per heavy atom. The van der Waals surface area contributed by atoms with Gasteiger partial charge in [-0.3, -0.25) is 0 Å². The predicted molar refractivity (Wildman–Crippen MR) is 47.0 cm³/mol. The van der Waals surface area contributed by atoms with Crippen LogP contribution in [0.2, 0.25) is 5.22 Å². The van der Waals surface area contributed by atoms with E-state index in [4.69, 9.17) is 21.1 Å². The van der Waals surface area contributed by atoms with Gasteiger partial charge in [-0.1, -0.05) is 0 Å². The monoisotopic (exact) mass is 192 g/mol. The molecule has 0 spiro atoms. The number of aliphatic hydroxyl groups is 1. The molecule has 0 saturated heterocycles. The summed E-state index contributed by atoms with van der Waals surface area (Å²) in [5.74, 6) is 2.36. The molecule has 0 aliphatic heterocycles. The van der Waals surface area contributed by atoms with E-state index in [1.807, 2.05) is 6.07 Å². The van der Waals surface area contributed by atoms with Crippen LogP contribution in [0.1, 0.15) is 5.76 Å². The first kappa shape index (κ1) is 8.97. The maximum absolute atomic E-state index is 8.47. The van der Waals surface area contributed by atoms with Crippen LogP contribution in [0.5, 0.6) is 0 Å². The lowest BCUT2D eigenvalue weighted by Crippen LogP contribution is -1.86. The molecular weight excluding hydrogens is 184 g/mol. The van der Waals surface area contributed by atoms with Crippen molar-refractivity contribution in [3.63, 3.8) is 0 Å². The van der Waals surface area contributed by atoms with Crippen LogP contribution >= 0.6 is 23.4 Å². The Morgan fingerprint density at radius 1 is 1.55 bits per heavy atom. The van der Waals surface area contributed by atoms with Gasteiger partial charge in [-0.15, -0.1) is 0 Å². The van der Waals surface area contributed by atoms with Crippen molar-refractivity contribution < 1.29 is 9.52 Å². The van der Waals surface area contributed by atoms with Gasteiger partial charge in [0.25, 0.3) is 0 Å². The Morgan fingerprint density at radius 3 is 2.91 bits per heavy atom. The van der Waals surface area contributed by atoms with Crippen LogP contribution in [0.4, 0.5) is 0 Å². The van der Waals surface area contributed by atoms with Crippen LogP contribution in [-0.2, 0) is 5.75 Å². The molecule has 1 aromatic heterocycles. The third-order valence-corrected chi connectivity index (χ3v) is 2.27. The molecule has 0 saturated carbocycles. The summed E-state index contributed by atoms with van der Waals surface area (Å²) in [5, 5.41) is 8.89. The third kappa shape index (κ3) is 3.18. The maximum Gasteiger partial charge on any atom is 0.193 e. The van der Waals surface area contributed by atoms with Gasteiger partial charge in [-0.05, 0) is 23.7 Å². The van der Waals surface area contributed by atoms with Crippen molar-refractivity contribution >= 4 is 23.4 Å². The van der Waals surface area contributed by atoms with Crippen LogP contribution in [0.15, 0.2) is 16.5 Å². The van der Waals surface area contributed by atoms with Crippen molar-refractivity contribution in [2.75, 3.05) is 12.4 Å². The Bertz CT molecular complexity index is 212. The molecule has 1 N–H and O–H groups in total. The van der Waals surface area contributed by atoms with Gasteiger partial charge in [-0.25, -0.2) is 0 Å². The molecular formula is C7H9ClO2S. The van der Waals surface area contributed by atoms with Crippen molar-refractivity contribution in [3.05, 3.63) is 23.1 Å². The lowest BCUT2D eigenvalue weighted by molar-refractivity contribution is 0.322. The molecule has 1 aromatic rings. The summed E-state index contributed by atoms with van der Waals surface area (Å²) in [5.41, 5.74) is 0. The average molecular weight is 193 g/mol. The highest BCUT2D eigenvalue weighted by Crippen LogP contribution is 2.17. The second kappa shape index (κ2) is 4.70. The molecule has 0 unspecified atom stereocenters. The Kier molecular flexibility index (Phi) is 3.83. The van der Waals surface area contributed by atoms with Crippen LogP contribution < -0.4 is 0 Å². The number of aliphatic hydroxyl groups excluding tert-OH is 1. The summed E-state index contributed by atoms with van der Waals surface area (Å²) >= 11 is 7.17. The first-order chi connectivity index (χ1) is 5.33. The summed E-state index contributed by atoms with van der Waals surface area (Å²) < 4.78 is 5.09. The Hall–Kier alpha value is -0.120. The second-order valence-corrected chi connectivity index (χ2v) is 3.46. The van der Waals surface area contributed by atoms with Gasteiger partial charge in [0.1, 0.15) is 5.76 Å². The molecule has 0 aliphatic carbocycles. The molecule has 2 nitrogen and oxygen atoms in total. The molecule has 0 aliphatic rings. The highest BCUT2D eigenvalue weighted by Gasteiger charge is 1.98. The molecule has 0 radical (unpaired) electrons. The smallest absolute Gasteiger partial charge is 0.193 e. The molecule has 0 fully saturated rings. The van der Waals surface area contributed by atoms with E-state index in [1.54, 1.807) is 17.8 Å². The van der Waals surface area contributed by atoms with Crippen LogP contribution in [0, 0.1) is 0 Å². The third-order valence-electron chi connectivity index (χ3n) is 1.11. The lowest BCUT2D eigenvalue weighted by Gasteiger charge is -1.93. The normalized spacial score (nSPS) is 10.4. The van der Waals surface area contributed by atoms with E-state index >= 15 is 0 Å². The van der Waals surface area contributed by atoms with Crippen LogP contribution in [-0.4, -0.2) is 17.5 Å². The minimum absolute atomic E-state index is 0.207. The molecule has 11 heavy (non-hydrogen) atoms. The topological polar surface area (TPSA) is 33.4 Å². The summed E-state index contributed by atoms with van der Waals surface area (Å²) in [7, 11) is 0. The van der Waals surface area contributed by atoms with Crippen molar-refractivity contribution in [3.8, 4) is 0 Å². The molecule has 0 amide bonds. The fourth-order valence-corrected chi connectivity index (χ4v) is 1.46. The van der Waals surface area contributed by atoms with Gasteiger partial charge in [0.05, 0.1) is 12.4 Å². The molecule has 0 bridgehead atoms. The molecule has 0 atom stereocenters. The zero-order valence-corrected chi connectivity index (χ0v) is 7.49. The van der Waals surface area contributed by atoms with Crippen molar-refractivity contribution in [1.82, 2.24) is 0 Å². The van der Waals surface area contributed by atoms with E-state index in [2.05, 4.69) is 0 Å². The van der Waals surface area contributed by atoms with E-state index in [1.165, 1.54) is 0 Å². The molecule has 4 heteroatoms. The largest absolute Gasteiger partial charge is 0.449 e. The zero-order chi connectivity index (χ0) is 8.10. The van der Waals surface area contributed by atoms with Gasteiger partial charge in [0, 0.05) is 5.75 Å². The Balaban J connectivity index is 2.27. The number of rotatable bonds is 4. The van der Waals surface area contributed by atoms with Crippen molar-refractivity contribution in [2.45, 2.75) is 5.75 Å². The van der Waals surface area contributed by atoms with Crippen molar-refractivity contribution in [1.29, 1.82) is 0 Å². The summed E-state index contributed by atoms with van der Waals surface area (Å²) in [6.45, 7) is 0.207. The van der Waals surface area contributed by atoms with Crippen molar-refractivity contribution in [2.24, 2.45) is 0 Å². The number of hydrogen-bond acceptors (Lipinski definition) is 3. The summed E-state index contributed by atoms with van der Waals surface area (Å²) in [6.07, 6.45) is 0. The number of thioether (sulfide) groups is 1. The minimum Gasteiger partial charge on any atom is -0.449 e. The fourth-order valence-electron chi connectivity index (χ4n) is 0.667. The molecule has 1 rings (SSSR count). The zero-order valence-electron chi connectivity index (χ0n) is 5.92. The standard InChI is InChI=1S/C7H9ClO2S/c8-7-2-1-6(10-7)5-11-4-3-9/h1-2,9H,3-5H2. The van der Waals surface area contributed by atoms with E-state index in [-0.39, 0.29) is 6.61 Å². The van der Waals surface area contributed by atoms with E-state index < -0.39 is 0 Å². The van der Waals surface area contributed by atoms with Gasteiger partial charge >= 0.3 is 0 Å².